The molecule has 0 unspecified atom stereocenters. The number of nitrogens with zero attached hydrogens (tertiary/aromatic N) is 2. The van der Waals surface area contributed by atoms with Gasteiger partial charge in [-0.1, -0.05) is 0 Å². The minimum Gasteiger partial charge on any atom is -0.458 e. The number of ether oxygens (including phenoxy) is 1. The molecule has 2 aromatic heterocycles. The van der Waals surface area contributed by atoms with Crippen molar-refractivity contribution in [2.24, 2.45) is 0 Å². The Morgan fingerprint density at radius 2 is 2.14 bits per heavy atom. The molecule has 3 rings (SSSR count). The number of anilines is 1. The standard InChI is InChI=1S/C12H15N3O5.ClH/c1-12(18)9(17)6(2-16)20-10(12)5-3-19-8-7(5)14-4-15-11(8)13;/h3-4,6,9-10,16-18H,2H2,1H3,(H2,13,14,15);1H/t6-,9-,10+,12-;/m1./s1. The molecule has 3 heterocycles. The predicted molar refractivity (Wildman–Crippen MR) is 74.8 cm³/mol. The van der Waals surface area contributed by atoms with Crippen molar-refractivity contribution in [3.63, 3.8) is 0 Å². The highest BCUT2D eigenvalue weighted by Crippen LogP contribution is 2.44. The van der Waals surface area contributed by atoms with Crippen LogP contribution in [0.3, 0.4) is 0 Å². The van der Waals surface area contributed by atoms with Crippen molar-refractivity contribution in [1.29, 1.82) is 0 Å². The van der Waals surface area contributed by atoms with Crippen LogP contribution in [-0.2, 0) is 4.74 Å². The summed E-state index contributed by atoms with van der Waals surface area (Å²) >= 11 is 0. The molecule has 21 heavy (non-hydrogen) atoms. The Morgan fingerprint density at radius 3 is 2.76 bits per heavy atom. The maximum Gasteiger partial charge on any atom is 0.194 e. The van der Waals surface area contributed by atoms with Crippen molar-refractivity contribution in [2.45, 2.75) is 30.8 Å². The molecule has 1 aliphatic rings. The van der Waals surface area contributed by atoms with Crippen LogP contribution < -0.4 is 5.73 Å². The lowest BCUT2D eigenvalue weighted by Crippen LogP contribution is -2.42. The Kier molecular flexibility index (Phi) is 4.09. The number of nitrogens with two attached hydrogens (primary N) is 1. The molecule has 1 fully saturated rings. The molecule has 0 aromatic carbocycles. The first-order chi connectivity index (χ1) is 9.46. The lowest BCUT2D eigenvalue weighted by atomic mass is 9.89. The maximum atomic E-state index is 10.4. The minimum atomic E-state index is -1.58. The van der Waals surface area contributed by atoms with Crippen LogP contribution in [0.4, 0.5) is 5.82 Å². The van der Waals surface area contributed by atoms with Gasteiger partial charge in [0.1, 0.15) is 35.8 Å². The van der Waals surface area contributed by atoms with E-state index in [1.165, 1.54) is 19.5 Å². The normalized spacial score (nSPS) is 32.3. The fourth-order valence-corrected chi connectivity index (χ4v) is 2.52. The smallest absolute Gasteiger partial charge is 0.194 e. The highest BCUT2D eigenvalue weighted by molar-refractivity contribution is 5.85. The topological polar surface area (TPSA) is 135 Å². The number of hydrogen-bond acceptors (Lipinski definition) is 8. The molecule has 116 valence electrons. The fourth-order valence-electron chi connectivity index (χ4n) is 2.52. The Balaban J connectivity index is 0.00000161. The van der Waals surface area contributed by atoms with Gasteiger partial charge in [-0.3, -0.25) is 0 Å². The summed E-state index contributed by atoms with van der Waals surface area (Å²) in [5.41, 5.74) is 5.26. The molecular weight excluding hydrogens is 302 g/mol. The molecule has 0 saturated carbocycles. The van der Waals surface area contributed by atoms with Gasteiger partial charge in [0.05, 0.1) is 12.9 Å². The van der Waals surface area contributed by atoms with Gasteiger partial charge in [0.2, 0.25) is 0 Å². The van der Waals surface area contributed by atoms with E-state index in [1.54, 1.807) is 0 Å². The monoisotopic (exact) mass is 317 g/mol. The average molecular weight is 318 g/mol. The number of aliphatic hydroxyl groups is 3. The number of rotatable bonds is 2. The van der Waals surface area contributed by atoms with Gasteiger partial charge in [0.25, 0.3) is 0 Å². The van der Waals surface area contributed by atoms with E-state index in [2.05, 4.69) is 9.97 Å². The summed E-state index contributed by atoms with van der Waals surface area (Å²) in [6.45, 7) is 1.03. The molecule has 0 spiro atoms. The third kappa shape index (κ3) is 2.25. The Morgan fingerprint density at radius 1 is 1.43 bits per heavy atom. The quantitative estimate of drug-likeness (QED) is 0.596. The van der Waals surface area contributed by atoms with Crippen LogP contribution in [0, 0.1) is 0 Å². The van der Waals surface area contributed by atoms with E-state index in [1.807, 2.05) is 0 Å². The van der Waals surface area contributed by atoms with Crippen LogP contribution in [-0.4, -0.2) is 49.7 Å². The lowest BCUT2D eigenvalue weighted by Gasteiger charge is -2.25. The van der Waals surface area contributed by atoms with Crippen LogP contribution in [0.25, 0.3) is 11.1 Å². The van der Waals surface area contributed by atoms with Gasteiger partial charge in [-0.25, -0.2) is 9.97 Å². The Bertz CT molecular complexity index is 647. The van der Waals surface area contributed by atoms with Crippen LogP contribution in [0.2, 0.25) is 0 Å². The number of hydrogen-bond donors (Lipinski definition) is 4. The van der Waals surface area contributed by atoms with Gasteiger partial charge in [0, 0.05) is 5.56 Å². The summed E-state index contributed by atoms with van der Waals surface area (Å²) < 4.78 is 10.8. The van der Waals surface area contributed by atoms with Crippen LogP contribution in [0.1, 0.15) is 18.6 Å². The predicted octanol–water partition coefficient (Wildman–Crippen LogP) is -0.229. The molecule has 1 aliphatic heterocycles. The molecule has 0 aliphatic carbocycles. The van der Waals surface area contributed by atoms with E-state index in [0.29, 0.717) is 16.7 Å². The number of furan rings is 1. The number of fused-ring (bicyclic) bond motifs is 1. The minimum absolute atomic E-state index is 0. The van der Waals surface area contributed by atoms with E-state index in [0.717, 1.165) is 0 Å². The maximum absolute atomic E-state index is 10.4. The van der Waals surface area contributed by atoms with Gasteiger partial charge < -0.3 is 30.2 Å². The molecule has 8 nitrogen and oxygen atoms in total. The molecule has 0 bridgehead atoms. The number of aliphatic hydroxyl groups excluding tert-OH is 2. The summed E-state index contributed by atoms with van der Waals surface area (Å²) in [6.07, 6.45) is -0.340. The average Bonchev–Trinajstić information content (AvgIpc) is 2.92. The first-order valence-electron chi connectivity index (χ1n) is 6.11. The molecule has 1 saturated heterocycles. The SMILES string of the molecule is C[C@@]1(O)[C@H](O)[C@@H](CO)O[C@H]1c1coc2c(N)ncnc12.Cl. The van der Waals surface area contributed by atoms with Crippen molar-refractivity contribution in [2.75, 3.05) is 12.3 Å². The van der Waals surface area contributed by atoms with E-state index in [-0.39, 0.29) is 18.2 Å². The summed E-state index contributed by atoms with van der Waals surface area (Å²) in [5.74, 6) is 0.179. The lowest BCUT2D eigenvalue weighted by molar-refractivity contribution is -0.0643. The third-order valence-corrected chi connectivity index (χ3v) is 3.66. The van der Waals surface area contributed by atoms with Gasteiger partial charge in [0.15, 0.2) is 11.4 Å². The van der Waals surface area contributed by atoms with Crippen LogP contribution in [0.5, 0.6) is 0 Å². The van der Waals surface area contributed by atoms with E-state index < -0.39 is 30.5 Å². The summed E-state index contributed by atoms with van der Waals surface area (Å²) in [7, 11) is 0. The molecule has 2 aromatic rings. The van der Waals surface area contributed by atoms with Crippen LogP contribution >= 0.6 is 12.4 Å². The van der Waals surface area contributed by atoms with Gasteiger partial charge in [-0.05, 0) is 6.92 Å². The van der Waals surface area contributed by atoms with Crippen molar-refractivity contribution in [1.82, 2.24) is 9.97 Å². The molecule has 9 heteroatoms. The van der Waals surface area contributed by atoms with E-state index >= 15 is 0 Å². The summed E-state index contributed by atoms with van der Waals surface area (Å²) in [5, 5.41) is 29.6. The Hall–Kier alpha value is -1.45. The van der Waals surface area contributed by atoms with E-state index in [4.69, 9.17) is 14.9 Å². The van der Waals surface area contributed by atoms with Crippen molar-refractivity contribution in [3.05, 3.63) is 18.2 Å². The van der Waals surface area contributed by atoms with Gasteiger partial charge in [-0.15, -0.1) is 12.4 Å². The van der Waals surface area contributed by atoms with E-state index in [9.17, 15) is 15.3 Å². The zero-order chi connectivity index (χ0) is 14.5. The second-order valence-electron chi connectivity index (χ2n) is 5.04. The second kappa shape index (κ2) is 5.39. The van der Waals surface area contributed by atoms with Crippen LogP contribution in [0.15, 0.2) is 17.0 Å². The van der Waals surface area contributed by atoms with Gasteiger partial charge >= 0.3 is 0 Å². The highest BCUT2D eigenvalue weighted by Gasteiger charge is 2.53. The van der Waals surface area contributed by atoms with Crippen molar-refractivity contribution < 1.29 is 24.5 Å². The molecule has 0 radical (unpaired) electrons. The van der Waals surface area contributed by atoms with Crippen molar-refractivity contribution in [3.8, 4) is 0 Å². The van der Waals surface area contributed by atoms with Crippen molar-refractivity contribution >= 4 is 29.3 Å². The molecule has 4 atom stereocenters. The van der Waals surface area contributed by atoms with Gasteiger partial charge in [-0.2, -0.15) is 0 Å². The number of halogens is 1. The Labute approximate surface area is 126 Å². The molecular formula is C12H16ClN3O5. The summed E-state index contributed by atoms with van der Waals surface area (Å²) in [6, 6.07) is 0. The molecule has 0 amide bonds. The number of nitrogen functional groups attached to an aromatic ring is 1. The number of aromatic nitrogens is 2. The first-order valence-corrected chi connectivity index (χ1v) is 6.11. The second-order valence-corrected chi connectivity index (χ2v) is 5.04. The summed E-state index contributed by atoms with van der Waals surface area (Å²) in [4.78, 5) is 7.88. The molecule has 5 N–H and O–H groups in total. The fraction of sp³-hybridized carbons (Fsp3) is 0.500. The third-order valence-electron chi connectivity index (χ3n) is 3.66. The largest absolute Gasteiger partial charge is 0.458 e. The first kappa shape index (κ1) is 15.9. The highest BCUT2D eigenvalue weighted by atomic mass is 35.5. The zero-order valence-corrected chi connectivity index (χ0v) is 11.9. The zero-order valence-electron chi connectivity index (χ0n) is 11.1.